The van der Waals surface area contributed by atoms with E-state index in [-0.39, 0.29) is 85.2 Å². The molecule has 6 rings (SSSR count). The first-order valence-electron chi connectivity index (χ1n) is 38.2. The summed E-state index contributed by atoms with van der Waals surface area (Å²) in [5.41, 5.74) is 11.4. The number of nitrogens with zero attached hydrogens (tertiary/aromatic N) is 1. The van der Waals surface area contributed by atoms with Gasteiger partial charge in [0.2, 0.25) is 46.7 Å². The lowest BCUT2D eigenvalue weighted by Crippen LogP contribution is -2.66. The van der Waals surface area contributed by atoms with Gasteiger partial charge in [-0.1, -0.05) is 71.0 Å². The highest BCUT2D eigenvalue weighted by atomic mass is 127. The van der Waals surface area contributed by atoms with Crippen LogP contribution >= 0.6 is 55.9 Å². The monoisotopic (exact) mass is 1840 g/mol. The summed E-state index contributed by atoms with van der Waals surface area (Å²) >= 11 is 2.75. The molecule has 0 aromatic heterocycles. The van der Waals surface area contributed by atoms with Crippen molar-refractivity contribution in [3.63, 3.8) is 0 Å². The molecule has 0 radical (unpaired) electrons. The molecule has 4 saturated heterocycles. The molecule has 0 spiro atoms. The summed E-state index contributed by atoms with van der Waals surface area (Å²) in [6, 6.07) is -6.19. The molecule has 37 nitrogen and oxygen atoms in total. The Morgan fingerprint density at radius 1 is 0.822 bits per heavy atom. The average molecular weight is 1840 g/mol. The number of carbonyl (C=O) groups excluding carboxylic acids is 9. The maximum atomic E-state index is 14.9. The predicted molar refractivity (Wildman–Crippen MR) is 436 cm³/mol. The Bertz CT molecular complexity index is 3870. The number of rotatable bonds is 36. The molecule has 660 valence electrons. The molecule has 23 atom stereocenters. The Morgan fingerprint density at radius 3 is 2.10 bits per heavy atom. The van der Waals surface area contributed by atoms with E-state index in [1.165, 1.54) is 76.0 Å². The van der Waals surface area contributed by atoms with Crippen LogP contribution in [0.4, 0.5) is 4.79 Å². The third-order valence-electron chi connectivity index (χ3n) is 20.4. The first-order valence-corrected chi connectivity index (χ1v) is 42.5. The van der Waals surface area contributed by atoms with E-state index in [0.29, 0.717) is 15.7 Å². The molecular formula is C77H113IN8O29S3. The van der Waals surface area contributed by atoms with Crippen LogP contribution in [0.2, 0.25) is 0 Å². The second-order valence-corrected chi connectivity index (χ2v) is 34.9. The smallest absolute Gasteiger partial charge is 0.407 e. The summed E-state index contributed by atoms with van der Waals surface area (Å²) in [7, 11) is 9.02. The van der Waals surface area contributed by atoms with Gasteiger partial charge in [0, 0.05) is 82.6 Å². The van der Waals surface area contributed by atoms with Crippen molar-refractivity contribution >= 4 is 114 Å². The number of likely N-dealkylation sites (N-methyl/N-ethyl adjacent to an activating group) is 1. The number of benzene rings is 1. The first-order chi connectivity index (χ1) is 55.7. The van der Waals surface area contributed by atoms with Crippen molar-refractivity contribution in [1.82, 2.24) is 37.2 Å². The number of alkyl carbamates (subject to hydrolysis) is 1. The van der Waals surface area contributed by atoms with Crippen LogP contribution in [-0.4, -0.2) is 287 Å². The van der Waals surface area contributed by atoms with Crippen molar-refractivity contribution in [2.45, 2.75) is 273 Å². The fourth-order valence-corrected chi connectivity index (χ4v) is 18.2. The Morgan fingerprint density at radius 2 is 1.50 bits per heavy atom. The zero-order valence-corrected chi connectivity index (χ0v) is 73.6. The van der Waals surface area contributed by atoms with Crippen molar-refractivity contribution in [3.05, 3.63) is 38.5 Å². The van der Waals surface area contributed by atoms with Gasteiger partial charge in [-0.15, -0.1) is 5.92 Å². The van der Waals surface area contributed by atoms with E-state index < -0.39 is 215 Å². The topological polar surface area (TPSA) is 514 Å². The second kappa shape index (κ2) is 46.5. The quantitative estimate of drug-likeness (QED) is 0.0114. The molecule has 5 fully saturated rings. The standard InChI is InChI=1S/C77H113IN8O29S3/c1-18-20-21-22-23-25-48(57-43(77(102,36(3)4)33-47(89)60(57)82-75(101)107-17)28-29-116-118-76(11,12)34-52(92)83-84-70(98)38(6)80-71(99)44(30-50(79)90)81-51(91)26-24-27-53(93)94)112-74-67(113-54-32-49(103-13)45(35-108-54)86(19-2)42(10)87)62(96)59(39(7)110-74)85-115-55-31-46(88)69(41(9)109-55)117-72(100)56-37(5)58(78)65(68(106-16)64(56)104-14)114-73-63(97)66(105-15)61(95)40(8)111-73/h21-22,28,36,38-41,44-46,48-49,54-55,57,59-63,66-67,69,73-74,85,88,95-97,102H,19,24,26-27,29-35H2,1-17H3,(H2,79,90)(H,80,99)(H,81,91)(H,82,101)(H,83,92)(H,84,98)(H,93,94)/b22-21-,43-28+/t38-,39?,40?,41?,44-,45?,46?,48-,49?,54?,55?,57?,59?,60?,61?,62?,63?,66?,67?,69?,73?,74?,77+/m0/s1. The predicted octanol–water partition coefficient (Wildman–Crippen LogP) is 2.01. The number of allylic oxidation sites excluding steroid dienone is 2. The molecule has 1 aromatic carbocycles. The lowest BCUT2D eigenvalue weighted by molar-refractivity contribution is -0.340. The number of aliphatic hydroxyl groups excluding tert-OH is 4. The van der Waals surface area contributed by atoms with E-state index in [4.69, 9.17) is 72.5 Å². The number of ketones is 1. The lowest BCUT2D eigenvalue weighted by Gasteiger charge is -2.49. The first kappa shape index (κ1) is 100. The largest absolute Gasteiger partial charge is 0.492 e. The van der Waals surface area contributed by atoms with Crippen molar-refractivity contribution in [2.75, 3.05) is 54.5 Å². The van der Waals surface area contributed by atoms with Gasteiger partial charge in [-0.3, -0.25) is 58.8 Å². The Kier molecular flexibility index (Phi) is 39.5. The van der Waals surface area contributed by atoms with Crippen LogP contribution in [0.3, 0.4) is 0 Å². The summed E-state index contributed by atoms with van der Waals surface area (Å²) in [4.78, 5) is 139. The number of nitrogens with two attached hydrogens (primary N) is 1. The van der Waals surface area contributed by atoms with E-state index in [1.54, 1.807) is 80.2 Å². The molecule has 4 heterocycles. The zero-order valence-electron chi connectivity index (χ0n) is 69.0. The maximum Gasteiger partial charge on any atom is 0.407 e. The van der Waals surface area contributed by atoms with E-state index in [2.05, 4.69) is 56.0 Å². The molecule has 5 aliphatic rings. The Hall–Kier alpha value is -6.70. The molecule has 1 saturated carbocycles. The SMILES string of the molecule is CC#C/C=C\C#C[C@H](OC1OC(C)C(NOC2CC(O)C(SC(=O)c3c(C)c(I)c(OC4OC(C)C(O)C(OC)C4O)c(OC)c3OC)C(C)O2)C(O)C1OC1CC(OC)C(N(CC)C(C)=O)CO1)C1/C(=C\CSSC(C)(C)CC(=O)NNC(=O)[C@H](C)NC(=O)[C@H](CC(N)=O)NC(=O)CCCC(=O)O)[C@](O)(C(C)C)CC(=O)C1NC(=O)OC. The number of methoxy groups -OCH3 is 5. The van der Waals surface area contributed by atoms with Crippen LogP contribution in [-0.2, 0) is 85.8 Å². The van der Waals surface area contributed by atoms with Gasteiger partial charge in [0.25, 0.3) is 5.91 Å². The van der Waals surface area contributed by atoms with Gasteiger partial charge < -0.3 is 114 Å². The highest BCUT2D eigenvalue weighted by molar-refractivity contribution is 14.1. The van der Waals surface area contributed by atoms with Gasteiger partial charge >= 0.3 is 12.1 Å². The summed E-state index contributed by atoms with van der Waals surface area (Å²) in [6.07, 6.45) is -17.6. The number of thioether (sulfide) groups is 1. The summed E-state index contributed by atoms with van der Waals surface area (Å²) in [5, 5.41) is 74.5. The molecule has 19 unspecified atom stereocenters. The highest BCUT2D eigenvalue weighted by Crippen LogP contribution is 2.50. The minimum Gasteiger partial charge on any atom is -0.492 e. The number of nitrogens with one attached hydrogen (secondary N) is 6. The van der Waals surface area contributed by atoms with Crippen LogP contribution in [0.5, 0.6) is 17.2 Å². The third-order valence-corrected chi connectivity index (χ3v) is 26.2. The highest BCUT2D eigenvalue weighted by Gasteiger charge is 2.56. The van der Waals surface area contributed by atoms with Crippen LogP contribution in [0, 0.1) is 46.0 Å². The number of halogens is 1. The summed E-state index contributed by atoms with van der Waals surface area (Å²) < 4.78 is 72.7. The number of hydrogen-bond acceptors (Lipinski definition) is 32. The molecule has 41 heteroatoms. The number of carboxylic acids is 1. The molecule has 7 amide bonds. The molecule has 4 aliphatic heterocycles. The van der Waals surface area contributed by atoms with Crippen molar-refractivity contribution in [1.29, 1.82) is 0 Å². The number of ether oxygens (including phenoxy) is 12. The number of carboxylic acid groups (broad SMARTS) is 1. The lowest BCUT2D eigenvalue weighted by atomic mass is 9.64. The Labute approximate surface area is 711 Å². The number of aliphatic carboxylic acids is 1. The fourth-order valence-electron chi connectivity index (χ4n) is 14.1. The average Bonchev–Trinajstić information content (AvgIpc) is 0.714. The van der Waals surface area contributed by atoms with E-state index >= 15 is 0 Å². The van der Waals surface area contributed by atoms with Gasteiger partial charge in [-0.25, -0.2) is 4.79 Å². The molecule has 0 bridgehead atoms. The third kappa shape index (κ3) is 26.7. The number of hydroxylamine groups is 1. The fraction of sp³-hybridized carbons (Fsp3) is 0.688. The number of hydrogen-bond donors (Lipinski definition) is 13. The van der Waals surface area contributed by atoms with E-state index in [9.17, 15) is 73.5 Å². The molecule has 1 aromatic rings. The molecule has 14 N–H and O–H groups in total. The second-order valence-electron chi connectivity index (χ2n) is 29.6. The Balaban J connectivity index is 1.27. The van der Waals surface area contributed by atoms with Crippen LogP contribution in [0.15, 0.2) is 23.8 Å². The van der Waals surface area contributed by atoms with Gasteiger partial charge in [-0.2, -0.15) is 5.48 Å². The number of primary amides is 1. The van der Waals surface area contributed by atoms with Crippen molar-refractivity contribution in [2.24, 2.45) is 17.6 Å². The van der Waals surface area contributed by atoms with Crippen LogP contribution < -0.4 is 52.2 Å². The van der Waals surface area contributed by atoms with Crippen LogP contribution in [0.25, 0.3) is 0 Å². The number of hydrazine groups is 1. The number of aliphatic hydroxyl groups is 5. The van der Waals surface area contributed by atoms with Gasteiger partial charge in [0.15, 0.2) is 36.2 Å². The van der Waals surface area contributed by atoms with E-state index in [1.807, 2.05) is 22.6 Å². The van der Waals surface area contributed by atoms with Gasteiger partial charge in [0.05, 0.1) is 96.9 Å². The zero-order chi connectivity index (χ0) is 88.0. The van der Waals surface area contributed by atoms with E-state index in [0.717, 1.165) is 18.9 Å². The minimum atomic E-state index is -1.98. The molecule has 118 heavy (non-hydrogen) atoms. The maximum absolute atomic E-state index is 14.9. The van der Waals surface area contributed by atoms with Gasteiger partial charge in [-0.05, 0) is 121 Å². The summed E-state index contributed by atoms with van der Waals surface area (Å²) in [5.74, 6) is 3.25. The summed E-state index contributed by atoms with van der Waals surface area (Å²) in [6.45, 7) is 19.6. The molecule has 1 aliphatic carbocycles. The number of Topliss-reactive ketones (excluding diaryl/α,β-unsaturated/α-hetero) is 1. The minimum absolute atomic E-state index is 0.00888. The van der Waals surface area contributed by atoms with Gasteiger partial charge in [0.1, 0.15) is 54.7 Å². The normalized spacial score (nSPS) is 29.6. The van der Waals surface area contributed by atoms with Crippen LogP contribution in [0.1, 0.15) is 143 Å². The van der Waals surface area contributed by atoms with Crippen molar-refractivity contribution in [3.8, 4) is 40.9 Å². The number of carbonyl (C=O) groups is 10. The number of amides is 7. The van der Waals surface area contributed by atoms with Crippen molar-refractivity contribution < 1.29 is 140 Å². The molecular weight excluding hydrogens is 1720 g/mol.